The number of carbonyl (C=O) groups is 1. The van der Waals surface area contributed by atoms with Gasteiger partial charge in [-0.25, -0.2) is 0 Å². The second-order valence-corrected chi connectivity index (χ2v) is 6.22. The highest BCUT2D eigenvalue weighted by Crippen LogP contribution is 2.25. The van der Waals surface area contributed by atoms with Crippen molar-refractivity contribution in [3.05, 3.63) is 35.4 Å². The lowest BCUT2D eigenvalue weighted by molar-refractivity contribution is 0.0902. The van der Waals surface area contributed by atoms with Gasteiger partial charge in [-0.2, -0.15) is 10.2 Å². The number of primary amides is 1. The van der Waals surface area contributed by atoms with E-state index >= 15 is 0 Å². The first-order valence-electron chi connectivity index (χ1n) is 7.80. The van der Waals surface area contributed by atoms with E-state index < -0.39 is 5.91 Å². The van der Waals surface area contributed by atoms with Crippen LogP contribution in [-0.4, -0.2) is 43.5 Å². The highest BCUT2D eigenvalue weighted by molar-refractivity contribution is 5.92. The zero-order valence-electron chi connectivity index (χ0n) is 12.5. The van der Waals surface area contributed by atoms with Crippen LogP contribution in [0.2, 0.25) is 0 Å². The summed E-state index contributed by atoms with van der Waals surface area (Å²) in [5, 5.41) is 8.72. The third kappa shape index (κ3) is 2.31. The molecule has 2 N–H and O–H groups in total. The van der Waals surface area contributed by atoms with Gasteiger partial charge in [-0.15, -0.1) is 0 Å². The molecule has 1 saturated heterocycles. The van der Waals surface area contributed by atoms with E-state index in [0.29, 0.717) is 11.6 Å². The number of nitrogens with zero attached hydrogens (tertiary/aromatic N) is 5. The van der Waals surface area contributed by atoms with Crippen LogP contribution in [-0.2, 0) is 19.5 Å². The Bertz CT molecular complexity index is 697. The van der Waals surface area contributed by atoms with Gasteiger partial charge >= 0.3 is 0 Å². The Kier molecular flexibility index (Phi) is 3.22. The summed E-state index contributed by atoms with van der Waals surface area (Å²) in [6.07, 6.45) is 8.96. The standard InChI is InChI=1S/C15H20N6O/c16-15(22)12-6-18-21(8-12)13-9-19(10-13)7-11-5-17-20-4-2-1-3-14(11)20/h5-6,8,13H,1-4,7,9-10H2,(H2,16,22). The number of nitrogens with two attached hydrogens (primary N) is 1. The Balaban J connectivity index is 1.37. The van der Waals surface area contributed by atoms with Gasteiger partial charge < -0.3 is 5.73 Å². The first-order chi connectivity index (χ1) is 10.7. The number of fused-ring (bicyclic) bond motifs is 1. The van der Waals surface area contributed by atoms with Gasteiger partial charge in [0, 0.05) is 43.6 Å². The summed E-state index contributed by atoms with van der Waals surface area (Å²) in [5.41, 5.74) is 8.50. The molecule has 0 spiro atoms. The van der Waals surface area contributed by atoms with Crippen molar-refractivity contribution < 1.29 is 4.79 Å². The lowest BCUT2D eigenvalue weighted by atomic mass is 10.0. The summed E-state index contributed by atoms with van der Waals surface area (Å²) in [5.74, 6) is -0.422. The zero-order valence-corrected chi connectivity index (χ0v) is 12.5. The van der Waals surface area contributed by atoms with Crippen LogP contribution in [0.25, 0.3) is 0 Å². The molecule has 1 amide bonds. The molecular weight excluding hydrogens is 280 g/mol. The van der Waals surface area contributed by atoms with Gasteiger partial charge in [-0.1, -0.05) is 0 Å². The van der Waals surface area contributed by atoms with Crippen LogP contribution in [0.3, 0.4) is 0 Å². The highest BCUT2D eigenvalue weighted by atomic mass is 16.1. The fourth-order valence-electron chi connectivity index (χ4n) is 3.36. The van der Waals surface area contributed by atoms with Crippen molar-refractivity contribution in [1.82, 2.24) is 24.5 Å². The Morgan fingerprint density at radius 1 is 1.27 bits per heavy atom. The lowest BCUT2D eigenvalue weighted by Gasteiger charge is -2.39. The summed E-state index contributed by atoms with van der Waals surface area (Å²) in [6, 6.07) is 0.333. The number of carbonyl (C=O) groups excluding carboxylic acids is 1. The van der Waals surface area contributed by atoms with Gasteiger partial charge in [0.05, 0.1) is 24.0 Å². The summed E-state index contributed by atoms with van der Waals surface area (Å²) >= 11 is 0. The fraction of sp³-hybridized carbons (Fsp3) is 0.533. The summed E-state index contributed by atoms with van der Waals surface area (Å²) < 4.78 is 4.01. The number of likely N-dealkylation sites (tertiary alicyclic amines) is 1. The van der Waals surface area contributed by atoms with Crippen molar-refractivity contribution in [2.75, 3.05) is 13.1 Å². The van der Waals surface area contributed by atoms with E-state index in [2.05, 4.69) is 19.8 Å². The van der Waals surface area contributed by atoms with Gasteiger partial charge in [-0.05, 0) is 19.3 Å². The SMILES string of the molecule is NC(=O)c1cnn(C2CN(Cc3cnn4c3CCCC4)C2)c1. The fourth-order valence-corrected chi connectivity index (χ4v) is 3.36. The van der Waals surface area contributed by atoms with Crippen LogP contribution in [0.5, 0.6) is 0 Å². The third-order valence-corrected chi connectivity index (χ3v) is 4.66. The van der Waals surface area contributed by atoms with Crippen LogP contribution >= 0.6 is 0 Å². The van der Waals surface area contributed by atoms with E-state index in [1.807, 2.05) is 10.9 Å². The van der Waals surface area contributed by atoms with E-state index in [1.165, 1.54) is 24.1 Å². The lowest BCUT2D eigenvalue weighted by Crippen LogP contribution is -2.47. The highest BCUT2D eigenvalue weighted by Gasteiger charge is 2.30. The molecule has 7 nitrogen and oxygen atoms in total. The largest absolute Gasteiger partial charge is 0.366 e. The van der Waals surface area contributed by atoms with Crippen LogP contribution in [0, 0.1) is 0 Å². The van der Waals surface area contributed by atoms with Crippen molar-refractivity contribution in [2.45, 2.75) is 38.4 Å². The van der Waals surface area contributed by atoms with Crippen LogP contribution < -0.4 is 5.73 Å². The van der Waals surface area contributed by atoms with Crippen molar-refractivity contribution in [1.29, 1.82) is 0 Å². The second kappa shape index (κ2) is 5.24. The number of rotatable bonds is 4. The predicted octanol–water partition coefficient (Wildman–Crippen LogP) is 0.572. The molecule has 0 bridgehead atoms. The van der Waals surface area contributed by atoms with Crippen molar-refractivity contribution in [2.24, 2.45) is 5.73 Å². The molecule has 2 aromatic heterocycles. The molecule has 2 aliphatic rings. The van der Waals surface area contributed by atoms with Gasteiger partial charge in [0.2, 0.25) is 0 Å². The average Bonchev–Trinajstić information content (AvgIpc) is 3.10. The normalized spacial score (nSPS) is 18.9. The molecule has 7 heteroatoms. The van der Waals surface area contributed by atoms with Crippen molar-refractivity contribution >= 4 is 5.91 Å². The Labute approximate surface area is 128 Å². The quantitative estimate of drug-likeness (QED) is 0.895. The smallest absolute Gasteiger partial charge is 0.251 e. The molecule has 4 heterocycles. The average molecular weight is 300 g/mol. The molecule has 2 aliphatic heterocycles. The first-order valence-corrected chi connectivity index (χ1v) is 7.80. The van der Waals surface area contributed by atoms with Crippen LogP contribution in [0.15, 0.2) is 18.6 Å². The molecule has 22 heavy (non-hydrogen) atoms. The molecule has 2 aromatic rings. The molecule has 0 saturated carbocycles. The molecule has 0 radical (unpaired) electrons. The van der Waals surface area contributed by atoms with Crippen molar-refractivity contribution in [3.63, 3.8) is 0 Å². The Hall–Kier alpha value is -2.15. The van der Waals surface area contributed by atoms with Crippen molar-refractivity contribution in [3.8, 4) is 0 Å². The molecule has 0 aliphatic carbocycles. The van der Waals surface area contributed by atoms with Gasteiger partial charge in [0.1, 0.15) is 0 Å². The zero-order chi connectivity index (χ0) is 15.1. The Morgan fingerprint density at radius 2 is 2.14 bits per heavy atom. The van der Waals surface area contributed by atoms with E-state index in [-0.39, 0.29) is 0 Å². The molecule has 0 atom stereocenters. The number of aryl methyl sites for hydroxylation is 1. The topological polar surface area (TPSA) is 82.0 Å². The number of aromatic nitrogens is 4. The van der Waals surface area contributed by atoms with Gasteiger partial charge in [0.15, 0.2) is 0 Å². The molecular formula is C15H20N6O. The number of amides is 1. The molecule has 0 unspecified atom stereocenters. The number of hydrogen-bond donors (Lipinski definition) is 1. The summed E-state index contributed by atoms with van der Waals surface area (Å²) in [4.78, 5) is 13.5. The minimum absolute atomic E-state index is 0.333. The summed E-state index contributed by atoms with van der Waals surface area (Å²) in [6.45, 7) is 3.91. The molecule has 0 aromatic carbocycles. The summed E-state index contributed by atoms with van der Waals surface area (Å²) in [7, 11) is 0. The Morgan fingerprint density at radius 3 is 2.91 bits per heavy atom. The maximum Gasteiger partial charge on any atom is 0.251 e. The van der Waals surface area contributed by atoms with Gasteiger partial charge in [-0.3, -0.25) is 19.1 Å². The van der Waals surface area contributed by atoms with Gasteiger partial charge in [0.25, 0.3) is 5.91 Å². The number of hydrogen-bond acceptors (Lipinski definition) is 4. The van der Waals surface area contributed by atoms with E-state index in [4.69, 9.17) is 5.73 Å². The first kappa shape index (κ1) is 13.5. The monoisotopic (exact) mass is 300 g/mol. The molecule has 1 fully saturated rings. The minimum atomic E-state index is -0.422. The second-order valence-electron chi connectivity index (χ2n) is 6.22. The van der Waals surface area contributed by atoms with E-state index in [0.717, 1.165) is 32.6 Å². The van der Waals surface area contributed by atoms with Crippen LogP contribution in [0.1, 0.15) is 40.5 Å². The predicted molar refractivity (Wildman–Crippen MR) is 80.2 cm³/mol. The van der Waals surface area contributed by atoms with E-state index in [1.54, 1.807) is 12.4 Å². The molecule has 4 rings (SSSR count). The van der Waals surface area contributed by atoms with Crippen LogP contribution in [0.4, 0.5) is 0 Å². The third-order valence-electron chi connectivity index (χ3n) is 4.66. The minimum Gasteiger partial charge on any atom is -0.366 e. The maximum atomic E-state index is 11.1. The maximum absolute atomic E-state index is 11.1. The molecule has 116 valence electrons. The van der Waals surface area contributed by atoms with E-state index in [9.17, 15) is 4.79 Å².